The molecule has 1 aliphatic carbocycles. The molecule has 1 saturated carbocycles. The van der Waals surface area contributed by atoms with Gasteiger partial charge >= 0.3 is 0 Å². The van der Waals surface area contributed by atoms with Crippen LogP contribution in [0.3, 0.4) is 0 Å². The van der Waals surface area contributed by atoms with Crippen molar-refractivity contribution in [3.8, 4) is 0 Å². The van der Waals surface area contributed by atoms with Crippen LogP contribution in [0.2, 0.25) is 0 Å². The Labute approximate surface area is 122 Å². The number of aryl methyl sites for hydroxylation is 1. The molecule has 1 aromatic rings. The molecular weight excluding hydrogens is 248 g/mol. The van der Waals surface area contributed by atoms with Gasteiger partial charge in [0.1, 0.15) is 0 Å². The van der Waals surface area contributed by atoms with E-state index >= 15 is 0 Å². The maximum atomic E-state index is 12.6. The van der Waals surface area contributed by atoms with Crippen molar-refractivity contribution < 1.29 is 4.79 Å². The molecule has 0 bridgehead atoms. The minimum Gasteiger partial charge on any atom is -0.315 e. The van der Waals surface area contributed by atoms with Crippen LogP contribution >= 0.6 is 0 Å². The van der Waals surface area contributed by atoms with Crippen molar-refractivity contribution in [2.75, 3.05) is 19.0 Å². The summed E-state index contributed by atoms with van der Waals surface area (Å²) in [7, 11) is 3.87. The summed E-state index contributed by atoms with van der Waals surface area (Å²) in [4.78, 5) is 14.4. The summed E-state index contributed by atoms with van der Waals surface area (Å²) in [5.41, 5.74) is 2.17. The van der Waals surface area contributed by atoms with E-state index < -0.39 is 0 Å². The minimum absolute atomic E-state index is 0.00736. The molecule has 20 heavy (non-hydrogen) atoms. The predicted octanol–water partition coefficient (Wildman–Crippen LogP) is 3.27. The van der Waals surface area contributed by atoms with Crippen LogP contribution in [0.5, 0.6) is 0 Å². The van der Waals surface area contributed by atoms with Crippen molar-refractivity contribution in [1.82, 2.24) is 5.32 Å². The third-order valence-electron chi connectivity index (χ3n) is 4.59. The van der Waals surface area contributed by atoms with Gasteiger partial charge in [-0.1, -0.05) is 31.4 Å². The van der Waals surface area contributed by atoms with Gasteiger partial charge in [-0.2, -0.15) is 0 Å². The van der Waals surface area contributed by atoms with Crippen LogP contribution in [0.4, 0.5) is 5.69 Å². The zero-order valence-electron chi connectivity index (χ0n) is 12.9. The Kier molecular flexibility index (Phi) is 4.81. The van der Waals surface area contributed by atoms with E-state index in [4.69, 9.17) is 0 Å². The smallest absolute Gasteiger partial charge is 0.228 e. The fraction of sp³-hybridized carbons (Fsp3) is 0.588. The largest absolute Gasteiger partial charge is 0.315 e. The van der Waals surface area contributed by atoms with Gasteiger partial charge in [-0.15, -0.1) is 0 Å². The molecule has 0 unspecified atom stereocenters. The van der Waals surface area contributed by atoms with E-state index in [-0.39, 0.29) is 11.4 Å². The van der Waals surface area contributed by atoms with E-state index in [0.717, 1.165) is 18.5 Å². The number of nitrogens with one attached hydrogen (secondary N) is 1. The quantitative estimate of drug-likeness (QED) is 0.914. The monoisotopic (exact) mass is 274 g/mol. The predicted molar refractivity (Wildman–Crippen MR) is 84.1 cm³/mol. The number of hydrogen-bond acceptors (Lipinski definition) is 2. The second kappa shape index (κ2) is 6.40. The first kappa shape index (κ1) is 15.0. The molecule has 2 rings (SSSR count). The SMILES string of the molecule is CNC1(CC(=O)N(C)c2cccc(C)c2)CCCCC1. The van der Waals surface area contributed by atoms with Crippen molar-refractivity contribution in [3.63, 3.8) is 0 Å². The van der Waals surface area contributed by atoms with Crippen LogP contribution in [0.1, 0.15) is 44.1 Å². The van der Waals surface area contributed by atoms with Crippen molar-refractivity contribution in [3.05, 3.63) is 29.8 Å². The first-order valence-corrected chi connectivity index (χ1v) is 7.58. The van der Waals surface area contributed by atoms with Crippen LogP contribution < -0.4 is 10.2 Å². The maximum Gasteiger partial charge on any atom is 0.228 e. The average Bonchev–Trinajstić information content (AvgIpc) is 2.47. The highest BCUT2D eigenvalue weighted by Gasteiger charge is 2.33. The Bertz CT molecular complexity index is 464. The summed E-state index contributed by atoms with van der Waals surface area (Å²) in [6.45, 7) is 2.05. The molecule has 0 saturated heterocycles. The Hall–Kier alpha value is -1.35. The summed E-state index contributed by atoms with van der Waals surface area (Å²) < 4.78 is 0. The minimum atomic E-state index is 0.00736. The number of carbonyl (C=O) groups is 1. The fourth-order valence-electron chi connectivity index (χ4n) is 3.13. The molecule has 1 amide bonds. The molecule has 0 heterocycles. The van der Waals surface area contributed by atoms with Gasteiger partial charge in [0.15, 0.2) is 0 Å². The van der Waals surface area contributed by atoms with Gasteiger partial charge in [0.05, 0.1) is 0 Å². The topological polar surface area (TPSA) is 32.3 Å². The fourth-order valence-corrected chi connectivity index (χ4v) is 3.13. The van der Waals surface area contributed by atoms with Gasteiger partial charge in [0.2, 0.25) is 5.91 Å². The zero-order valence-corrected chi connectivity index (χ0v) is 12.9. The second-order valence-corrected chi connectivity index (χ2v) is 6.06. The molecule has 1 N–H and O–H groups in total. The molecule has 3 nitrogen and oxygen atoms in total. The van der Waals surface area contributed by atoms with E-state index in [1.54, 1.807) is 4.90 Å². The Morgan fingerprint density at radius 3 is 2.60 bits per heavy atom. The number of nitrogens with zero attached hydrogens (tertiary/aromatic N) is 1. The summed E-state index contributed by atoms with van der Waals surface area (Å²) >= 11 is 0. The number of amides is 1. The highest BCUT2D eigenvalue weighted by molar-refractivity contribution is 5.93. The Morgan fingerprint density at radius 1 is 1.30 bits per heavy atom. The summed E-state index contributed by atoms with van der Waals surface area (Å²) in [5, 5.41) is 3.42. The van der Waals surface area contributed by atoms with Gasteiger partial charge in [-0.25, -0.2) is 0 Å². The molecule has 1 aliphatic rings. The van der Waals surface area contributed by atoms with E-state index in [1.807, 2.05) is 26.2 Å². The van der Waals surface area contributed by atoms with Gasteiger partial charge in [0, 0.05) is 24.7 Å². The van der Waals surface area contributed by atoms with Crippen molar-refractivity contribution >= 4 is 11.6 Å². The molecule has 0 aliphatic heterocycles. The first-order chi connectivity index (χ1) is 9.56. The van der Waals surface area contributed by atoms with E-state index in [1.165, 1.54) is 24.8 Å². The average molecular weight is 274 g/mol. The van der Waals surface area contributed by atoms with E-state index in [0.29, 0.717) is 6.42 Å². The summed E-state index contributed by atoms with van der Waals surface area (Å²) in [6, 6.07) is 8.11. The van der Waals surface area contributed by atoms with Crippen molar-refractivity contribution in [2.45, 2.75) is 51.0 Å². The Morgan fingerprint density at radius 2 is 2.00 bits per heavy atom. The number of hydrogen-bond donors (Lipinski definition) is 1. The van der Waals surface area contributed by atoms with Crippen molar-refractivity contribution in [2.24, 2.45) is 0 Å². The lowest BCUT2D eigenvalue weighted by Gasteiger charge is -2.37. The van der Waals surface area contributed by atoms with E-state index in [2.05, 4.69) is 24.4 Å². The molecule has 0 aromatic heterocycles. The van der Waals surface area contributed by atoms with Gasteiger partial charge in [-0.05, 0) is 44.5 Å². The number of anilines is 1. The van der Waals surface area contributed by atoms with Crippen LogP contribution in [-0.4, -0.2) is 25.5 Å². The highest BCUT2D eigenvalue weighted by atomic mass is 16.2. The molecule has 3 heteroatoms. The van der Waals surface area contributed by atoms with E-state index in [9.17, 15) is 4.79 Å². The van der Waals surface area contributed by atoms with Crippen LogP contribution in [-0.2, 0) is 4.79 Å². The van der Waals surface area contributed by atoms with Crippen LogP contribution in [0, 0.1) is 6.92 Å². The lowest BCUT2D eigenvalue weighted by Crippen LogP contribution is -2.48. The molecule has 1 aromatic carbocycles. The third kappa shape index (κ3) is 3.40. The lowest BCUT2D eigenvalue weighted by molar-refractivity contribution is -0.120. The first-order valence-electron chi connectivity index (χ1n) is 7.58. The van der Waals surface area contributed by atoms with Gasteiger partial charge in [-0.3, -0.25) is 4.79 Å². The highest BCUT2D eigenvalue weighted by Crippen LogP contribution is 2.31. The number of carbonyl (C=O) groups excluding carboxylic acids is 1. The molecular formula is C17H26N2O. The number of rotatable bonds is 4. The molecule has 0 radical (unpaired) electrons. The summed E-state index contributed by atoms with van der Waals surface area (Å²) in [5.74, 6) is 0.201. The second-order valence-electron chi connectivity index (χ2n) is 6.06. The van der Waals surface area contributed by atoms with Crippen LogP contribution in [0.25, 0.3) is 0 Å². The van der Waals surface area contributed by atoms with Gasteiger partial charge in [0.25, 0.3) is 0 Å². The standard InChI is InChI=1S/C17H26N2O/c1-14-8-7-9-15(12-14)19(3)16(20)13-17(18-2)10-5-4-6-11-17/h7-9,12,18H,4-6,10-11,13H2,1-3H3. The molecule has 110 valence electrons. The summed E-state index contributed by atoms with van der Waals surface area (Å²) in [6.07, 6.45) is 6.55. The Balaban J connectivity index is 2.06. The third-order valence-corrected chi connectivity index (χ3v) is 4.59. The molecule has 0 spiro atoms. The van der Waals surface area contributed by atoms with Crippen molar-refractivity contribution in [1.29, 1.82) is 0 Å². The lowest BCUT2D eigenvalue weighted by atomic mass is 9.79. The normalized spacial score (nSPS) is 17.8. The zero-order chi connectivity index (χ0) is 14.6. The van der Waals surface area contributed by atoms with Crippen LogP contribution in [0.15, 0.2) is 24.3 Å². The molecule has 1 fully saturated rings. The molecule has 0 atom stereocenters. The van der Waals surface area contributed by atoms with Gasteiger partial charge < -0.3 is 10.2 Å². The maximum absolute atomic E-state index is 12.6. The number of benzene rings is 1.